The SMILES string of the molecule is COc1cc(C=C2C(=O)NC(=S)NC2=O)ccc1OCC#N. The monoisotopic (exact) mass is 317 g/mol. The number of hydrogen-bond donors (Lipinski definition) is 2. The third-order valence-corrected chi connectivity index (χ3v) is 2.94. The van der Waals surface area contributed by atoms with Crippen LogP contribution in [0, 0.1) is 11.3 Å². The summed E-state index contributed by atoms with van der Waals surface area (Å²) in [5.74, 6) is -0.364. The van der Waals surface area contributed by atoms with Crippen LogP contribution in [0.5, 0.6) is 11.5 Å². The molecule has 2 rings (SSSR count). The van der Waals surface area contributed by atoms with E-state index < -0.39 is 11.8 Å². The van der Waals surface area contributed by atoms with Gasteiger partial charge < -0.3 is 9.47 Å². The van der Waals surface area contributed by atoms with Gasteiger partial charge in [-0.15, -0.1) is 0 Å². The van der Waals surface area contributed by atoms with E-state index in [1.807, 2.05) is 6.07 Å². The van der Waals surface area contributed by atoms with Crippen LogP contribution in [0.2, 0.25) is 0 Å². The van der Waals surface area contributed by atoms with Crippen molar-refractivity contribution < 1.29 is 19.1 Å². The van der Waals surface area contributed by atoms with E-state index in [1.54, 1.807) is 18.2 Å². The molecule has 0 unspecified atom stereocenters. The van der Waals surface area contributed by atoms with Crippen LogP contribution in [-0.4, -0.2) is 30.6 Å². The Labute approximate surface area is 131 Å². The van der Waals surface area contributed by atoms with E-state index in [-0.39, 0.29) is 17.3 Å². The van der Waals surface area contributed by atoms with Gasteiger partial charge in [-0.1, -0.05) is 6.07 Å². The number of nitriles is 1. The first kappa shape index (κ1) is 15.5. The lowest BCUT2D eigenvalue weighted by molar-refractivity contribution is -0.123. The number of carbonyl (C=O) groups excluding carboxylic acids is 2. The lowest BCUT2D eigenvalue weighted by Crippen LogP contribution is -2.51. The van der Waals surface area contributed by atoms with E-state index >= 15 is 0 Å². The van der Waals surface area contributed by atoms with Gasteiger partial charge in [0.05, 0.1) is 7.11 Å². The van der Waals surface area contributed by atoms with Crippen molar-refractivity contribution in [1.82, 2.24) is 10.6 Å². The summed E-state index contributed by atoms with van der Waals surface area (Å²) in [5, 5.41) is 13.2. The summed E-state index contributed by atoms with van der Waals surface area (Å²) in [6.07, 6.45) is 1.41. The number of nitrogens with one attached hydrogen (secondary N) is 2. The summed E-state index contributed by atoms with van der Waals surface area (Å²) < 4.78 is 10.4. The van der Waals surface area contributed by atoms with E-state index in [0.29, 0.717) is 17.1 Å². The fourth-order valence-electron chi connectivity index (χ4n) is 1.78. The molecule has 0 aliphatic carbocycles. The van der Waals surface area contributed by atoms with Crippen LogP contribution in [-0.2, 0) is 9.59 Å². The van der Waals surface area contributed by atoms with Gasteiger partial charge in [0.2, 0.25) is 0 Å². The molecule has 0 bridgehead atoms. The molecule has 0 saturated carbocycles. The lowest BCUT2D eigenvalue weighted by atomic mass is 10.1. The molecule has 22 heavy (non-hydrogen) atoms. The third kappa shape index (κ3) is 3.39. The number of amides is 2. The Balaban J connectivity index is 2.31. The maximum absolute atomic E-state index is 11.8. The van der Waals surface area contributed by atoms with Gasteiger partial charge in [-0.2, -0.15) is 5.26 Å². The molecule has 1 saturated heterocycles. The van der Waals surface area contributed by atoms with Gasteiger partial charge in [0, 0.05) is 0 Å². The van der Waals surface area contributed by atoms with E-state index in [1.165, 1.54) is 13.2 Å². The van der Waals surface area contributed by atoms with Crippen molar-refractivity contribution in [1.29, 1.82) is 5.26 Å². The van der Waals surface area contributed by atoms with Crippen molar-refractivity contribution in [3.63, 3.8) is 0 Å². The minimum atomic E-state index is -0.572. The van der Waals surface area contributed by atoms with E-state index in [2.05, 4.69) is 10.6 Å². The molecule has 112 valence electrons. The van der Waals surface area contributed by atoms with Crippen molar-refractivity contribution >= 4 is 35.2 Å². The number of benzene rings is 1. The van der Waals surface area contributed by atoms with Crippen LogP contribution in [0.25, 0.3) is 6.08 Å². The van der Waals surface area contributed by atoms with Gasteiger partial charge in [0.1, 0.15) is 11.6 Å². The second kappa shape index (κ2) is 6.69. The van der Waals surface area contributed by atoms with Gasteiger partial charge in [-0.25, -0.2) is 0 Å². The minimum Gasteiger partial charge on any atom is -0.493 e. The first-order valence-corrected chi connectivity index (χ1v) is 6.52. The zero-order valence-corrected chi connectivity index (χ0v) is 12.3. The van der Waals surface area contributed by atoms with Crippen LogP contribution in [0.1, 0.15) is 5.56 Å². The zero-order chi connectivity index (χ0) is 16.1. The van der Waals surface area contributed by atoms with Crippen molar-refractivity contribution in [2.24, 2.45) is 0 Å². The van der Waals surface area contributed by atoms with Crippen LogP contribution in [0.15, 0.2) is 23.8 Å². The van der Waals surface area contributed by atoms with Gasteiger partial charge in [-0.3, -0.25) is 20.2 Å². The molecule has 0 atom stereocenters. The molecule has 1 heterocycles. The van der Waals surface area contributed by atoms with E-state index in [9.17, 15) is 9.59 Å². The molecule has 0 spiro atoms. The molecule has 8 heteroatoms. The number of hydrogen-bond acceptors (Lipinski definition) is 6. The Morgan fingerprint density at radius 1 is 1.27 bits per heavy atom. The molecule has 1 aromatic rings. The van der Waals surface area contributed by atoms with Gasteiger partial charge in [0.25, 0.3) is 11.8 Å². The third-order valence-electron chi connectivity index (χ3n) is 2.73. The van der Waals surface area contributed by atoms with Crippen molar-refractivity contribution in [3.05, 3.63) is 29.3 Å². The summed E-state index contributed by atoms with van der Waals surface area (Å²) in [7, 11) is 1.45. The molecule has 7 nitrogen and oxygen atoms in total. The predicted octanol–water partition coefficient (Wildman–Crippen LogP) is 0.512. The molecule has 1 aliphatic rings. The van der Waals surface area contributed by atoms with Crippen LogP contribution < -0.4 is 20.1 Å². The van der Waals surface area contributed by atoms with Crippen molar-refractivity contribution in [2.45, 2.75) is 0 Å². The molecule has 1 fully saturated rings. The van der Waals surface area contributed by atoms with Gasteiger partial charge >= 0.3 is 0 Å². The van der Waals surface area contributed by atoms with Crippen molar-refractivity contribution in [2.75, 3.05) is 13.7 Å². The molecular formula is C14H11N3O4S. The predicted molar refractivity (Wildman–Crippen MR) is 81.0 cm³/mol. The van der Waals surface area contributed by atoms with Crippen LogP contribution in [0.3, 0.4) is 0 Å². The number of ether oxygens (including phenoxy) is 2. The first-order valence-electron chi connectivity index (χ1n) is 6.11. The molecule has 1 aliphatic heterocycles. The average molecular weight is 317 g/mol. The molecule has 2 amide bonds. The Kier molecular flexibility index (Phi) is 4.70. The maximum Gasteiger partial charge on any atom is 0.263 e. The van der Waals surface area contributed by atoms with Gasteiger partial charge in [-0.05, 0) is 36.0 Å². The Hall–Kier alpha value is -2.92. The number of rotatable bonds is 4. The number of thiocarbonyl (C=S) groups is 1. The normalized spacial score (nSPS) is 13.8. The lowest BCUT2D eigenvalue weighted by Gasteiger charge is -2.16. The highest BCUT2D eigenvalue weighted by Gasteiger charge is 2.25. The molecule has 2 N–H and O–H groups in total. The fraction of sp³-hybridized carbons (Fsp3) is 0.143. The summed E-state index contributed by atoms with van der Waals surface area (Å²) in [6.45, 7) is -0.112. The second-order valence-corrected chi connectivity index (χ2v) is 4.56. The number of carbonyl (C=O) groups is 2. The summed E-state index contributed by atoms with van der Waals surface area (Å²) in [5.41, 5.74) is 0.496. The van der Waals surface area contributed by atoms with E-state index in [0.717, 1.165) is 0 Å². The minimum absolute atomic E-state index is 0.0232. The molecule has 0 aromatic heterocycles. The second-order valence-electron chi connectivity index (χ2n) is 4.15. The summed E-state index contributed by atoms with van der Waals surface area (Å²) >= 11 is 4.72. The maximum atomic E-state index is 11.8. The van der Waals surface area contributed by atoms with E-state index in [4.69, 9.17) is 27.0 Å². The molecule has 0 radical (unpaired) electrons. The van der Waals surface area contributed by atoms with Gasteiger partial charge in [0.15, 0.2) is 23.2 Å². The standard InChI is InChI=1S/C14H11N3O4S/c1-20-11-7-8(2-3-10(11)21-5-4-15)6-9-12(18)16-14(22)17-13(9)19/h2-3,6-7H,5H2,1H3,(H2,16,17,18,19,22). The average Bonchev–Trinajstić information content (AvgIpc) is 2.49. The number of methoxy groups -OCH3 is 1. The van der Waals surface area contributed by atoms with Crippen LogP contribution >= 0.6 is 12.2 Å². The molecule has 1 aromatic carbocycles. The Bertz CT molecular complexity index is 699. The fourth-order valence-corrected chi connectivity index (χ4v) is 1.96. The largest absolute Gasteiger partial charge is 0.493 e. The van der Waals surface area contributed by atoms with Crippen molar-refractivity contribution in [3.8, 4) is 17.6 Å². The number of nitrogens with zero attached hydrogens (tertiary/aromatic N) is 1. The summed E-state index contributed by atoms with van der Waals surface area (Å²) in [4.78, 5) is 23.5. The zero-order valence-electron chi connectivity index (χ0n) is 11.5. The molecular weight excluding hydrogens is 306 g/mol. The highest BCUT2D eigenvalue weighted by molar-refractivity contribution is 7.80. The Morgan fingerprint density at radius 2 is 1.95 bits per heavy atom. The smallest absolute Gasteiger partial charge is 0.263 e. The topological polar surface area (TPSA) is 100 Å². The Morgan fingerprint density at radius 3 is 2.55 bits per heavy atom. The quantitative estimate of drug-likeness (QED) is 0.477. The summed E-state index contributed by atoms with van der Waals surface area (Å²) in [6, 6.07) is 6.67. The highest BCUT2D eigenvalue weighted by atomic mass is 32.1. The highest BCUT2D eigenvalue weighted by Crippen LogP contribution is 2.29. The first-order chi connectivity index (χ1) is 10.5. The van der Waals surface area contributed by atoms with Crippen LogP contribution in [0.4, 0.5) is 0 Å².